The molecule has 0 amide bonds. The van der Waals surface area contributed by atoms with E-state index < -0.39 is 8.07 Å². The molecule has 0 bridgehead atoms. The zero-order valence-corrected chi connectivity index (χ0v) is 13.1. The predicted octanol–water partition coefficient (Wildman–Crippen LogP) is 3.77. The van der Waals surface area contributed by atoms with Gasteiger partial charge in [-0.15, -0.1) is 5.54 Å². The third kappa shape index (κ3) is 4.31. The molecular formula is C14H29NSi. The first-order chi connectivity index (χ1) is 7.59. The van der Waals surface area contributed by atoms with Crippen LogP contribution in [0.15, 0.2) is 0 Å². The molecule has 94 valence electrons. The van der Waals surface area contributed by atoms with Crippen molar-refractivity contribution < 1.29 is 0 Å². The Morgan fingerprint density at radius 3 is 1.69 bits per heavy atom. The van der Waals surface area contributed by atoms with Gasteiger partial charge in [-0.05, 0) is 38.1 Å². The van der Waals surface area contributed by atoms with E-state index in [0.29, 0.717) is 6.04 Å². The van der Waals surface area contributed by atoms with Crippen LogP contribution < -0.4 is 0 Å². The van der Waals surface area contributed by atoms with E-state index in [1.807, 2.05) is 0 Å². The molecule has 0 fully saturated rings. The fourth-order valence-corrected chi connectivity index (χ4v) is 4.68. The highest BCUT2D eigenvalue weighted by atomic mass is 28.3. The summed E-state index contributed by atoms with van der Waals surface area (Å²) in [4.78, 5) is 2.42. The van der Waals surface area contributed by atoms with Crippen LogP contribution in [0.25, 0.3) is 0 Å². The summed E-state index contributed by atoms with van der Waals surface area (Å²) < 4.78 is 0. The first-order valence-corrected chi connectivity index (χ1v) is 9.47. The maximum atomic E-state index is 3.68. The minimum atomic E-state index is -1.24. The maximum absolute atomic E-state index is 3.68. The van der Waals surface area contributed by atoms with Crippen molar-refractivity contribution in [3.05, 3.63) is 0 Å². The molecule has 0 saturated heterocycles. The fourth-order valence-electron chi connectivity index (χ4n) is 2.14. The molecule has 0 saturated carbocycles. The van der Waals surface area contributed by atoms with E-state index in [9.17, 15) is 0 Å². The normalized spacial score (nSPS) is 13.4. The van der Waals surface area contributed by atoms with Gasteiger partial charge in [0.2, 0.25) is 0 Å². The van der Waals surface area contributed by atoms with Gasteiger partial charge in [-0.25, -0.2) is 0 Å². The van der Waals surface area contributed by atoms with Crippen LogP contribution >= 0.6 is 0 Å². The second kappa shape index (κ2) is 7.92. The predicted molar refractivity (Wildman–Crippen MR) is 77.4 cm³/mol. The van der Waals surface area contributed by atoms with Crippen molar-refractivity contribution in [3.63, 3.8) is 0 Å². The zero-order valence-electron chi connectivity index (χ0n) is 12.1. The van der Waals surface area contributed by atoms with Crippen molar-refractivity contribution in [2.24, 2.45) is 0 Å². The lowest BCUT2D eigenvalue weighted by Gasteiger charge is -2.24. The summed E-state index contributed by atoms with van der Waals surface area (Å²) in [5.74, 6) is 3.52. The maximum Gasteiger partial charge on any atom is 0.137 e. The van der Waals surface area contributed by atoms with Crippen molar-refractivity contribution in [3.8, 4) is 11.5 Å². The summed E-state index contributed by atoms with van der Waals surface area (Å²) in [6, 6.07) is 4.33. The molecule has 1 nitrogen and oxygen atoms in total. The molecular weight excluding hydrogens is 210 g/mol. The first-order valence-electron chi connectivity index (χ1n) is 6.85. The van der Waals surface area contributed by atoms with Crippen LogP contribution in [-0.4, -0.2) is 32.1 Å². The van der Waals surface area contributed by atoms with E-state index in [1.165, 1.54) is 18.1 Å². The molecule has 0 radical (unpaired) electrons. The molecule has 0 N–H and O–H groups in total. The van der Waals surface area contributed by atoms with Crippen LogP contribution in [0.4, 0.5) is 0 Å². The summed E-state index contributed by atoms with van der Waals surface area (Å²) >= 11 is 0. The Morgan fingerprint density at radius 1 is 0.938 bits per heavy atom. The lowest BCUT2D eigenvalue weighted by atomic mass is 10.3. The molecule has 0 spiro atoms. The molecule has 0 aliphatic rings. The second-order valence-corrected chi connectivity index (χ2v) is 9.44. The molecule has 0 aromatic heterocycles. The third-order valence-electron chi connectivity index (χ3n) is 3.94. The molecule has 0 rings (SSSR count). The van der Waals surface area contributed by atoms with Gasteiger partial charge in [-0.2, -0.15) is 0 Å². The van der Waals surface area contributed by atoms with Crippen molar-refractivity contribution in [2.75, 3.05) is 13.1 Å². The topological polar surface area (TPSA) is 3.24 Å². The Hall–Kier alpha value is -0.263. The molecule has 16 heavy (non-hydrogen) atoms. The Labute approximate surface area is 104 Å². The van der Waals surface area contributed by atoms with Crippen LogP contribution in [0.3, 0.4) is 0 Å². The van der Waals surface area contributed by atoms with Crippen LogP contribution in [0.2, 0.25) is 18.1 Å². The monoisotopic (exact) mass is 239 g/mol. The van der Waals surface area contributed by atoms with Gasteiger partial charge >= 0.3 is 0 Å². The molecule has 0 aromatic carbocycles. The van der Waals surface area contributed by atoms with Gasteiger partial charge in [-0.3, -0.25) is 4.90 Å². The van der Waals surface area contributed by atoms with Crippen LogP contribution in [0, 0.1) is 11.5 Å². The van der Waals surface area contributed by atoms with Crippen molar-refractivity contribution in [2.45, 2.75) is 65.7 Å². The largest absolute Gasteiger partial charge is 0.291 e. The van der Waals surface area contributed by atoms with Crippen LogP contribution in [0.5, 0.6) is 0 Å². The number of hydrogen-bond donors (Lipinski definition) is 0. The number of rotatable bonds is 6. The molecule has 0 heterocycles. The Kier molecular flexibility index (Phi) is 7.79. The van der Waals surface area contributed by atoms with E-state index in [-0.39, 0.29) is 0 Å². The minimum Gasteiger partial charge on any atom is -0.291 e. The van der Waals surface area contributed by atoms with E-state index in [1.54, 1.807) is 0 Å². The van der Waals surface area contributed by atoms with Gasteiger partial charge in [0.1, 0.15) is 8.07 Å². The standard InChI is InChI=1S/C14H29NSi/c1-7-15(8-2)14(6)12-13-16(9-3,10-4)11-5/h14H,7-11H2,1-6H3. The van der Waals surface area contributed by atoms with E-state index >= 15 is 0 Å². The highest BCUT2D eigenvalue weighted by Gasteiger charge is 2.24. The smallest absolute Gasteiger partial charge is 0.137 e. The van der Waals surface area contributed by atoms with Crippen molar-refractivity contribution in [1.82, 2.24) is 4.90 Å². The summed E-state index contributed by atoms with van der Waals surface area (Å²) in [6.07, 6.45) is 0. The quantitative estimate of drug-likeness (QED) is 0.504. The Morgan fingerprint density at radius 2 is 1.38 bits per heavy atom. The van der Waals surface area contributed by atoms with Gasteiger partial charge < -0.3 is 0 Å². The third-order valence-corrected chi connectivity index (χ3v) is 8.67. The second-order valence-electron chi connectivity index (χ2n) is 4.51. The van der Waals surface area contributed by atoms with Crippen molar-refractivity contribution >= 4 is 8.07 Å². The van der Waals surface area contributed by atoms with Gasteiger partial charge in [0.25, 0.3) is 0 Å². The molecule has 0 aromatic rings. The minimum absolute atomic E-state index is 0.423. The number of nitrogens with zero attached hydrogens (tertiary/aromatic N) is 1. The molecule has 2 heteroatoms. The van der Waals surface area contributed by atoms with Crippen LogP contribution in [-0.2, 0) is 0 Å². The summed E-state index contributed by atoms with van der Waals surface area (Å²) in [7, 11) is -1.24. The SMILES string of the molecule is CCN(CC)C(C)C#C[Si](CC)(CC)CC. The highest BCUT2D eigenvalue weighted by Crippen LogP contribution is 2.18. The summed E-state index contributed by atoms with van der Waals surface area (Å²) in [5, 5.41) is 0. The molecule has 0 aliphatic carbocycles. The Balaban J connectivity index is 4.67. The van der Waals surface area contributed by atoms with Gasteiger partial charge in [0.15, 0.2) is 0 Å². The lowest BCUT2D eigenvalue weighted by Crippen LogP contribution is -2.34. The average Bonchev–Trinajstić information content (AvgIpc) is 2.33. The number of hydrogen-bond acceptors (Lipinski definition) is 1. The lowest BCUT2D eigenvalue weighted by molar-refractivity contribution is 0.275. The molecule has 1 unspecified atom stereocenters. The fraction of sp³-hybridized carbons (Fsp3) is 0.857. The van der Waals surface area contributed by atoms with E-state index in [4.69, 9.17) is 0 Å². The van der Waals surface area contributed by atoms with Gasteiger partial charge in [0.05, 0.1) is 6.04 Å². The van der Waals surface area contributed by atoms with Crippen LogP contribution in [0.1, 0.15) is 41.5 Å². The molecule has 0 aliphatic heterocycles. The average molecular weight is 239 g/mol. The van der Waals surface area contributed by atoms with Gasteiger partial charge in [-0.1, -0.05) is 40.5 Å². The van der Waals surface area contributed by atoms with Gasteiger partial charge in [0, 0.05) is 0 Å². The summed E-state index contributed by atoms with van der Waals surface area (Å²) in [5.41, 5.74) is 3.68. The highest BCUT2D eigenvalue weighted by molar-refractivity contribution is 6.87. The van der Waals surface area contributed by atoms with Crippen molar-refractivity contribution in [1.29, 1.82) is 0 Å². The molecule has 1 atom stereocenters. The van der Waals surface area contributed by atoms with E-state index in [0.717, 1.165) is 13.1 Å². The zero-order chi connectivity index (χ0) is 12.6. The summed E-state index contributed by atoms with van der Waals surface area (Å²) in [6.45, 7) is 15.8. The van der Waals surface area contributed by atoms with E-state index in [2.05, 4.69) is 57.9 Å². The Bertz CT molecular complexity index is 223. The first kappa shape index (κ1) is 15.7.